The summed E-state index contributed by atoms with van der Waals surface area (Å²) in [5, 5.41) is 7.47. The normalized spacial score (nSPS) is 11.9. The molecule has 2 heterocycles. The van der Waals surface area contributed by atoms with Gasteiger partial charge in [-0.25, -0.2) is 9.67 Å². The second-order valence-corrected chi connectivity index (χ2v) is 7.00. The summed E-state index contributed by atoms with van der Waals surface area (Å²) >= 11 is 0. The number of aromatic nitrogens is 3. The predicted molar refractivity (Wildman–Crippen MR) is 111 cm³/mol. The minimum atomic E-state index is -0.286. The molecule has 0 bridgehead atoms. The Bertz CT molecular complexity index is 983. The molecule has 0 spiro atoms. The third-order valence-corrected chi connectivity index (χ3v) is 4.72. The van der Waals surface area contributed by atoms with Gasteiger partial charge in [0.05, 0.1) is 37.7 Å². The summed E-state index contributed by atoms with van der Waals surface area (Å²) in [6.45, 7) is 5.97. The Hall–Kier alpha value is -3.35. The van der Waals surface area contributed by atoms with Crippen molar-refractivity contribution in [1.29, 1.82) is 0 Å². The van der Waals surface area contributed by atoms with Gasteiger partial charge in [-0.2, -0.15) is 5.10 Å². The molecule has 7 heteroatoms. The van der Waals surface area contributed by atoms with E-state index in [2.05, 4.69) is 15.4 Å². The number of benzene rings is 1. The zero-order valence-electron chi connectivity index (χ0n) is 17.3. The minimum Gasteiger partial charge on any atom is -0.497 e. The maximum atomic E-state index is 13.1. The molecule has 0 unspecified atom stereocenters. The molecule has 3 aromatic rings. The Morgan fingerprint density at radius 1 is 1.10 bits per heavy atom. The lowest BCUT2D eigenvalue weighted by molar-refractivity contribution is 0.0938. The molecule has 3 rings (SSSR count). The molecule has 7 nitrogen and oxygen atoms in total. The third-order valence-electron chi connectivity index (χ3n) is 4.72. The van der Waals surface area contributed by atoms with Gasteiger partial charge in [0.1, 0.15) is 11.5 Å². The SMILES string of the molecule is COc1ccc(OC)c([C@H](C)NC(=O)c2cnn(-c3ccccn3)c2C(C)C)c1. The number of amides is 1. The van der Waals surface area contributed by atoms with Gasteiger partial charge in [-0.15, -0.1) is 0 Å². The van der Waals surface area contributed by atoms with Gasteiger partial charge in [0, 0.05) is 11.8 Å². The lowest BCUT2D eigenvalue weighted by Gasteiger charge is -2.19. The molecule has 1 atom stereocenters. The summed E-state index contributed by atoms with van der Waals surface area (Å²) in [5.41, 5.74) is 2.17. The minimum absolute atomic E-state index is 0.0851. The monoisotopic (exact) mass is 394 g/mol. The summed E-state index contributed by atoms with van der Waals surface area (Å²) < 4.78 is 12.5. The van der Waals surface area contributed by atoms with Crippen LogP contribution in [0.4, 0.5) is 0 Å². The Labute approximate surface area is 170 Å². The Balaban J connectivity index is 1.91. The molecule has 1 aromatic carbocycles. The molecule has 0 radical (unpaired) electrons. The van der Waals surface area contributed by atoms with Gasteiger partial charge < -0.3 is 14.8 Å². The van der Waals surface area contributed by atoms with E-state index in [4.69, 9.17) is 9.47 Å². The van der Waals surface area contributed by atoms with E-state index in [-0.39, 0.29) is 17.9 Å². The van der Waals surface area contributed by atoms with E-state index in [0.717, 1.165) is 11.3 Å². The first-order valence-electron chi connectivity index (χ1n) is 9.48. The van der Waals surface area contributed by atoms with Crippen LogP contribution in [0.5, 0.6) is 11.5 Å². The highest BCUT2D eigenvalue weighted by Crippen LogP contribution is 2.30. The standard InChI is InChI=1S/C22H26N4O3/c1-14(2)21-18(13-24-26(21)20-8-6-7-11-23-20)22(27)25-15(3)17-12-16(28-4)9-10-19(17)29-5/h6-15H,1-5H3,(H,25,27)/t15-/m0/s1. The lowest BCUT2D eigenvalue weighted by atomic mass is 10.0. The number of hydrogen-bond donors (Lipinski definition) is 1. The van der Waals surface area contributed by atoms with Gasteiger partial charge in [0.25, 0.3) is 5.91 Å². The number of carbonyl (C=O) groups excluding carboxylic acids is 1. The van der Waals surface area contributed by atoms with Gasteiger partial charge in [-0.1, -0.05) is 19.9 Å². The van der Waals surface area contributed by atoms with Crippen LogP contribution in [-0.2, 0) is 0 Å². The number of rotatable bonds is 7. The summed E-state index contributed by atoms with van der Waals surface area (Å²) in [6.07, 6.45) is 3.30. The van der Waals surface area contributed by atoms with Crippen LogP contribution < -0.4 is 14.8 Å². The molecular weight excluding hydrogens is 368 g/mol. The van der Waals surface area contributed by atoms with Crippen LogP contribution in [0.2, 0.25) is 0 Å². The van der Waals surface area contributed by atoms with Gasteiger partial charge >= 0.3 is 0 Å². The first-order valence-corrected chi connectivity index (χ1v) is 9.48. The first kappa shape index (κ1) is 20.4. The molecule has 152 valence electrons. The van der Waals surface area contributed by atoms with Crippen molar-refractivity contribution < 1.29 is 14.3 Å². The van der Waals surface area contributed by atoms with Crippen molar-refractivity contribution >= 4 is 5.91 Å². The molecule has 0 aliphatic rings. The van der Waals surface area contributed by atoms with Gasteiger partial charge in [0.15, 0.2) is 5.82 Å². The van der Waals surface area contributed by atoms with E-state index in [1.165, 1.54) is 0 Å². The molecule has 0 fully saturated rings. The van der Waals surface area contributed by atoms with Gasteiger partial charge in [-0.05, 0) is 43.2 Å². The van der Waals surface area contributed by atoms with Gasteiger partial charge in [0.2, 0.25) is 0 Å². The molecular formula is C22H26N4O3. The number of nitrogens with zero attached hydrogens (tertiary/aromatic N) is 3. The van der Waals surface area contributed by atoms with E-state index in [0.29, 0.717) is 22.9 Å². The molecule has 1 N–H and O–H groups in total. The van der Waals surface area contributed by atoms with E-state index in [1.807, 2.05) is 57.2 Å². The van der Waals surface area contributed by atoms with E-state index in [9.17, 15) is 4.79 Å². The molecule has 1 amide bonds. The highest BCUT2D eigenvalue weighted by Gasteiger charge is 2.23. The summed E-state index contributed by atoms with van der Waals surface area (Å²) in [6, 6.07) is 10.8. The number of pyridine rings is 1. The van der Waals surface area contributed by atoms with Crippen LogP contribution in [0.15, 0.2) is 48.8 Å². The van der Waals surface area contributed by atoms with Crippen molar-refractivity contribution in [2.45, 2.75) is 32.7 Å². The number of ether oxygens (including phenoxy) is 2. The number of hydrogen-bond acceptors (Lipinski definition) is 5. The van der Waals surface area contributed by atoms with Crippen molar-refractivity contribution in [3.63, 3.8) is 0 Å². The maximum absolute atomic E-state index is 13.1. The van der Waals surface area contributed by atoms with Crippen LogP contribution in [0, 0.1) is 0 Å². The average molecular weight is 394 g/mol. The highest BCUT2D eigenvalue weighted by atomic mass is 16.5. The number of methoxy groups -OCH3 is 2. The van der Waals surface area contributed by atoms with Crippen LogP contribution >= 0.6 is 0 Å². The second-order valence-electron chi connectivity index (χ2n) is 7.00. The van der Waals surface area contributed by atoms with Crippen LogP contribution in [-0.4, -0.2) is 34.9 Å². The summed E-state index contributed by atoms with van der Waals surface area (Å²) in [4.78, 5) is 17.4. The summed E-state index contributed by atoms with van der Waals surface area (Å²) in [5.74, 6) is 1.95. The zero-order chi connectivity index (χ0) is 21.0. The largest absolute Gasteiger partial charge is 0.497 e. The molecule has 0 saturated heterocycles. The van der Waals surface area contributed by atoms with Crippen molar-refractivity contribution in [1.82, 2.24) is 20.1 Å². The van der Waals surface area contributed by atoms with Crippen LogP contribution in [0.1, 0.15) is 54.3 Å². The van der Waals surface area contributed by atoms with E-state index >= 15 is 0 Å². The van der Waals surface area contributed by atoms with Crippen molar-refractivity contribution in [3.05, 3.63) is 65.6 Å². The highest BCUT2D eigenvalue weighted by molar-refractivity contribution is 5.95. The lowest BCUT2D eigenvalue weighted by Crippen LogP contribution is -2.28. The fourth-order valence-electron chi connectivity index (χ4n) is 3.28. The molecule has 2 aromatic heterocycles. The topological polar surface area (TPSA) is 78.3 Å². The van der Waals surface area contributed by atoms with E-state index in [1.54, 1.807) is 31.3 Å². The fourth-order valence-corrected chi connectivity index (χ4v) is 3.28. The summed E-state index contributed by atoms with van der Waals surface area (Å²) in [7, 11) is 3.21. The molecule has 29 heavy (non-hydrogen) atoms. The van der Waals surface area contributed by atoms with Crippen molar-refractivity contribution in [2.24, 2.45) is 0 Å². The van der Waals surface area contributed by atoms with Crippen LogP contribution in [0.25, 0.3) is 5.82 Å². The quantitative estimate of drug-likeness (QED) is 0.658. The number of carbonyl (C=O) groups is 1. The van der Waals surface area contributed by atoms with Crippen molar-refractivity contribution in [2.75, 3.05) is 14.2 Å². The predicted octanol–water partition coefficient (Wildman–Crippen LogP) is 3.90. The Kier molecular flexibility index (Phi) is 6.16. The molecule has 0 aliphatic heterocycles. The average Bonchev–Trinajstić information content (AvgIpc) is 3.19. The smallest absolute Gasteiger partial charge is 0.255 e. The molecule has 0 saturated carbocycles. The van der Waals surface area contributed by atoms with Gasteiger partial charge in [-0.3, -0.25) is 4.79 Å². The number of nitrogens with one attached hydrogen (secondary N) is 1. The third kappa shape index (κ3) is 4.23. The Morgan fingerprint density at radius 3 is 2.52 bits per heavy atom. The zero-order valence-corrected chi connectivity index (χ0v) is 17.3. The fraction of sp³-hybridized carbons (Fsp3) is 0.318. The van der Waals surface area contributed by atoms with Crippen molar-refractivity contribution in [3.8, 4) is 17.3 Å². The van der Waals surface area contributed by atoms with E-state index < -0.39 is 0 Å². The maximum Gasteiger partial charge on any atom is 0.255 e. The molecule has 0 aliphatic carbocycles. The second kappa shape index (κ2) is 8.77. The first-order chi connectivity index (χ1) is 14.0. The Morgan fingerprint density at radius 2 is 1.90 bits per heavy atom. The van der Waals surface area contributed by atoms with Crippen LogP contribution in [0.3, 0.4) is 0 Å².